The third kappa shape index (κ3) is 2.29. The molecule has 0 aromatic heterocycles. The Morgan fingerprint density at radius 2 is 2.12 bits per heavy atom. The minimum absolute atomic E-state index is 0.169. The van der Waals surface area contributed by atoms with Gasteiger partial charge in [-0.25, -0.2) is 0 Å². The average Bonchev–Trinajstić information content (AvgIpc) is 2.37. The van der Waals surface area contributed by atoms with Crippen LogP contribution in [0.5, 0.6) is 0 Å². The van der Waals surface area contributed by atoms with Crippen LogP contribution in [0, 0.1) is 12.5 Å². The number of hydrogen-bond donors (Lipinski definition) is 0. The first-order valence-corrected chi connectivity index (χ1v) is 6.86. The van der Waals surface area contributed by atoms with Crippen molar-refractivity contribution in [3.05, 3.63) is 42.5 Å². The smallest absolute Gasteiger partial charge is 0.0667 e. The van der Waals surface area contributed by atoms with E-state index in [2.05, 4.69) is 38.1 Å². The van der Waals surface area contributed by atoms with Crippen LogP contribution >= 0.6 is 11.8 Å². The molecule has 0 bridgehead atoms. The molecule has 90 valence electrons. The molecule has 0 saturated heterocycles. The Kier molecular flexibility index (Phi) is 3.64. The summed E-state index contributed by atoms with van der Waals surface area (Å²) in [6, 6.07) is 8.40. The molecule has 2 heteroatoms. The Bertz CT molecular complexity index is 411. The van der Waals surface area contributed by atoms with E-state index in [1.807, 2.05) is 11.8 Å². The molecule has 1 aromatic carbocycles. The van der Waals surface area contributed by atoms with Gasteiger partial charge in [-0.05, 0) is 32.1 Å². The summed E-state index contributed by atoms with van der Waals surface area (Å²) in [4.78, 5) is 1.31. The van der Waals surface area contributed by atoms with Crippen molar-refractivity contribution in [1.82, 2.24) is 0 Å². The number of allylic oxidation sites excluding steroid dienone is 1. The Morgan fingerprint density at radius 1 is 1.41 bits per heavy atom. The maximum atomic E-state index is 7.72. The molecule has 0 spiro atoms. The molecule has 0 aliphatic carbocycles. The molecule has 2 rings (SSSR count). The monoisotopic (exact) mass is 246 g/mol. The van der Waals surface area contributed by atoms with Crippen molar-refractivity contribution in [2.75, 3.05) is 12.9 Å². The van der Waals surface area contributed by atoms with Crippen molar-refractivity contribution in [1.29, 1.82) is 0 Å². The van der Waals surface area contributed by atoms with Crippen LogP contribution in [-0.2, 0) is 4.74 Å². The molecule has 1 aromatic rings. The van der Waals surface area contributed by atoms with Gasteiger partial charge in [0, 0.05) is 29.6 Å². The molecule has 2 radical (unpaired) electrons. The van der Waals surface area contributed by atoms with Gasteiger partial charge in [-0.2, -0.15) is 0 Å². The first-order chi connectivity index (χ1) is 8.10. The summed E-state index contributed by atoms with van der Waals surface area (Å²) in [5.41, 5.74) is 1.08. The van der Waals surface area contributed by atoms with Gasteiger partial charge in [0.1, 0.15) is 0 Å². The molecule has 1 aliphatic heterocycles. The molecule has 2 atom stereocenters. The van der Waals surface area contributed by atoms with E-state index in [1.54, 1.807) is 13.2 Å². The highest BCUT2D eigenvalue weighted by molar-refractivity contribution is 7.99. The molecule has 1 nitrogen and oxygen atoms in total. The van der Waals surface area contributed by atoms with Crippen LogP contribution in [0.2, 0.25) is 0 Å². The fraction of sp³-hybridized carbons (Fsp3) is 0.467. The predicted octanol–water partition coefficient (Wildman–Crippen LogP) is 3.78. The van der Waals surface area contributed by atoms with E-state index in [-0.39, 0.29) is 11.5 Å². The Balaban J connectivity index is 2.39. The number of thioether (sulfide) groups is 1. The van der Waals surface area contributed by atoms with Gasteiger partial charge in [-0.3, -0.25) is 0 Å². The maximum Gasteiger partial charge on any atom is 0.0667 e. The number of ether oxygens (including phenoxy) is 1. The van der Waals surface area contributed by atoms with Crippen LogP contribution in [0.25, 0.3) is 0 Å². The van der Waals surface area contributed by atoms with Crippen LogP contribution in [0.1, 0.15) is 25.3 Å². The van der Waals surface area contributed by atoms with E-state index in [1.165, 1.54) is 10.5 Å². The molecule has 0 fully saturated rings. The number of hydrogen-bond acceptors (Lipinski definition) is 2. The van der Waals surface area contributed by atoms with E-state index in [9.17, 15) is 0 Å². The summed E-state index contributed by atoms with van der Waals surface area (Å²) in [5.74, 6) is 1.53. The normalized spacial score (nSPS) is 24.2. The average molecular weight is 246 g/mol. The maximum absolute atomic E-state index is 7.72. The van der Waals surface area contributed by atoms with E-state index in [0.29, 0.717) is 5.92 Å². The first-order valence-electron chi connectivity index (χ1n) is 5.87. The number of benzene rings is 1. The zero-order valence-corrected chi connectivity index (χ0v) is 11.4. The fourth-order valence-corrected chi connectivity index (χ4v) is 3.89. The molecule has 1 aliphatic rings. The lowest BCUT2D eigenvalue weighted by Crippen LogP contribution is -2.40. The molecular weight excluding hydrogens is 228 g/mol. The summed E-state index contributed by atoms with van der Waals surface area (Å²) >= 11 is 1.87. The summed E-state index contributed by atoms with van der Waals surface area (Å²) < 4.78 is 5.61. The van der Waals surface area contributed by atoms with Gasteiger partial charge in [0.25, 0.3) is 0 Å². The van der Waals surface area contributed by atoms with Gasteiger partial charge in [0.15, 0.2) is 0 Å². The van der Waals surface area contributed by atoms with Gasteiger partial charge in [-0.1, -0.05) is 24.3 Å². The van der Waals surface area contributed by atoms with Crippen LogP contribution in [0.3, 0.4) is 0 Å². The Morgan fingerprint density at radius 3 is 2.76 bits per heavy atom. The highest BCUT2D eigenvalue weighted by atomic mass is 32.2. The third-order valence-corrected chi connectivity index (χ3v) is 4.94. The van der Waals surface area contributed by atoms with Crippen LogP contribution < -0.4 is 0 Å². The van der Waals surface area contributed by atoms with Crippen molar-refractivity contribution in [2.45, 2.75) is 30.3 Å². The van der Waals surface area contributed by atoms with Crippen LogP contribution in [0.4, 0.5) is 0 Å². The molecule has 0 N–H and O–H groups in total. The lowest BCUT2D eigenvalue weighted by atomic mass is 9.77. The van der Waals surface area contributed by atoms with Crippen LogP contribution in [-0.4, -0.2) is 18.5 Å². The topological polar surface area (TPSA) is 9.23 Å². The highest BCUT2D eigenvalue weighted by Gasteiger charge is 2.38. The predicted molar refractivity (Wildman–Crippen MR) is 72.3 cm³/mol. The fourth-order valence-electron chi connectivity index (χ4n) is 2.38. The molecule has 1 heterocycles. The zero-order valence-electron chi connectivity index (χ0n) is 10.6. The number of methoxy groups -OCH3 is 1. The Labute approximate surface area is 108 Å². The quantitative estimate of drug-likeness (QED) is 0.802. The number of rotatable bonds is 3. The summed E-state index contributed by atoms with van der Waals surface area (Å²) in [5, 5.41) is 0. The molecular formula is C15H18OS. The summed E-state index contributed by atoms with van der Waals surface area (Å²) in [7, 11) is 1.76. The largest absolute Gasteiger partial charge is 0.378 e. The summed E-state index contributed by atoms with van der Waals surface area (Å²) in [6.45, 7) is 12.0. The number of fused-ring (bicyclic) bond motifs is 1. The Hall–Kier alpha value is -0.730. The van der Waals surface area contributed by atoms with Gasteiger partial charge >= 0.3 is 0 Å². The zero-order chi connectivity index (χ0) is 12.5. The second-order valence-corrected chi connectivity index (χ2v) is 6.02. The molecule has 2 unspecified atom stereocenters. The van der Waals surface area contributed by atoms with Gasteiger partial charge in [0.05, 0.1) is 5.60 Å². The van der Waals surface area contributed by atoms with Gasteiger partial charge in [-0.15, -0.1) is 11.8 Å². The lowest BCUT2D eigenvalue weighted by molar-refractivity contribution is -0.0253. The minimum atomic E-state index is -0.192. The van der Waals surface area contributed by atoms with E-state index < -0.39 is 0 Å². The first kappa shape index (κ1) is 12.7. The second kappa shape index (κ2) is 4.87. The van der Waals surface area contributed by atoms with Crippen LogP contribution in [0.15, 0.2) is 35.2 Å². The molecule has 0 amide bonds. The van der Waals surface area contributed by atoms with Crippen molar-refractivity contribution < 1.29 is 4.74 Å². The highest BCUT2D eigenvalue weighted by Crippen LogP contribution is 2.46. The lowest BCUT2D eigenvalue weighted by Gasteiger charge is -2.40. The summed E-state index contributed by atoms with van der Waals surface area (Å²) in [6.07, 6.45) is 1.57. The molecule has 0 saturated carbocycles. The minimum Gasteiger partial charge on any atom is -0.378 e. The van der Waals surface area contributed by atoms with Crippen molar-refractivity contribution in [3.63, 3.8) is 0 Å². The standard InChI is InChI=1S/C15H18OS/c1-5-11-12-8-6-7-9-14(12)17-10-13(11)15(2,3)16-4/h5-9,11,13H,10H2,2-4H3. The van der Waals surface area contributed by atoms with Crippen molar-refractivity contribution in [3.8, 4) is 0 Å². The van der Waals surface area contributed by atoms with Crippen molar-refractivity contribution >= 4 is 11.8 Å². The SMILES string of the molecule is [C]=CC1c2ccccc2SCC1C(C)(C)OC. The van der Waals surface area contributed by atoms with E-state index in [4.69, 9.17) is 11.3 Å². The molecule has 17 heavy (non-hydrogen) atoms. The van der Waals surface area contributed by atoms with Gasteiger partial charge in [0.2, 0.25) is 0 Å². The van der Waals surface area contributed by atoms with Crippen molar-refractivity contribution in [2.24, 2.45) is 5.92 Å². The van der Waals surface area contributed by atoms with Gasteiger partial charge < -0.3 is 4.74 Å². The van der Waals surface area contributed by atoms with E-state index in [0.717, 1.165) is 5.75 Å². The van der Waals surface area contributed by atoms with E-state index >= 15 is 0 Å². The third-order valence-electron chi connectivity index (χ3n) is 3.73. The second-order valence-electron chi connectivity index (χ2n) is 4.96.